The molecule has 0 saturated carbocycles. The molecule has 0 spiro atoms. The third-order valence-corrected chi connectivity index (χ3v) is 5.54. The fourth-order valence-electron chi connectivity index (χ4n) is 3.08. The van der Waals surface area contributed by atoms with E-state index in [2.05, 4.69) is 20.5 Å². The maximum absolute atomic E-state index is 12.6. The molecule has 1 fully saturated rings. The van der Waals surface area contributed by atoms with E-state index in [0.717, 1.165) is 37.2 Å². The number of rotatable bonds is 7. The van der Waals surface area contributed by atoms with Crippen molar-refractivity contribution in [1.82, 2.24) is 15.5 Å². The molecule has 1 saturated heterocycles. The zero-order valence-electron chi connectivity index (χ0n) is 16.5. The van der Waals surface area contributed by atoms with Gasteiger partial charge in [-0.1, -0.05) is 12.1 Å². The SMILES string of the molecule is CN=C(NCCCS(C)(=O)=O)NC1CCN(Cc2ccc(C(F)(F)F)cc2)C1.I. The highest BCUT2D eigenvalue weighted by Crippen LogP contribution is 2.29. The molecule has 1 atom stereocenters. The van der Waals surface area contributed by atoms with Gasteiger partial charge in [-0.2, -0.15) is 13.2 Å². The lowest BCUT2D eigenvalue weighted by molar-refractivity contribution is -0.137. The van der Waals surface area contributed by atoms with Gasteiger partial charge in [-0.25, -0.2) is 8.42 Å². The standard InChI is InChI=1S/C18H27F3N4O2S.HI/c1-22-17(23-9-3-11-28(2,26)27)24-16-8-10-25(13-16)12-14-4-6-15(7-5-14)18(19,20)21;/h4-7,16H,3,8-13H2,1-2H3,(H2,22,23,24);1H. The highest BCUT2D eigenvalue weighted by molar-refractivity contribution is 14.0. The Hall–Kier alpha value is -1.08. The van der Waals surface area contributed by atoms with E-state index >= 15 is 0 Å². The normalized spacial score (nSPS) is 18.4. The number of alkyl halides is 3. The molecule has 166 valence electrons. The molecule has 6 nitrogen and oxygen atoms in total. The molecule has 1 aliphatic rings. The van der Waals surface area contributed by atoms with Crippen molar-refractivity contribution in [3.8, 4) is 0 Å². The summed E-state index contributed by atoms with van der Waals surface area (Å²) in [5.74, 6) is 0.747. The smallest absolute Gasteiger partial charge is 0.356 e. The summed E-state index contributed by atoms with van der Waals surface area (Å²) in [5, 5.41) is 6.41. The number of guanidine groups is 1. The van der Waals surface area contributed by atoms with Crippen LogP contribution in [0.25, 0.3) is 0 Å². The quantitative estimate of drug-likeness (QED) is 0.237. The second kappa shape index (κ2) is 11.3. The van der Waals surface area contributed by atoms with Gasteiger partial charge in [0.05, 0.1) is 11.3 Å². The highest BCUT2D eigenvalue weighted by Gasteiger charge is 2.30. The van der Waals surface area contributed by atoms with Crippen molar-refractivity contribution >= 4 is 39.8 Å². The second-order valence-corrected chi connectivity index (χ2v) is 9.30. The van der Waals surface area contributed by atoms with E-state index in [-0.39, 0.29) is 35.8 Å². The zero-order valence-corrected chi connectivity index (χ0v) is 19.6. The minimum absolute atomic E-state index is 0. The van der Waals surface area contributed by atoms with E-state index in [1.807, 2.05) is 0 Å². The second-order valence-electron chi connectivity index (χ2n) is 7.04. The van der Waals surface area contributed by atoms with Crippen molar-refractivity contribution in [3.63, 3.8) is 0 Å². The Balaban J connectivity index is 0.00000420. The summed E-state index contributed by atoms with van der Waals surface area (Å²) >= 11 is 0. The summed E-state index contributed by atoms with van der Waals surface area (Å²) in [4.78, 5) is 6.32. The maximum Gasteiger partial charge on any atom is 0.416 e. The lowest BCUT2D eigenvalue weighted by atomic mass is 10.1. The predicted molar refractivity (Wildman–Crippen MR) is 119 cm³/mol. The number of hydrogen-bond donors (Lipinski definition) is 2. The lowest BCUT2D eigenvalue weighted by Gasteiger charge is -2.19. The minimum atomic E-state index is -4.31. The summed E-state index contributed by atoms with van der Waals surface area (Å²) in [6.07, 6.45) is -1.70. The summed E-state index contributed by atoms with van der Waals surface area (Å²) < 4.78 is 60.2. The number of nitrogens with zero attached hydrogens (tertiary/aromatic N) is 2. The Morgan fingerprint density at radius 2 is 1.93 bits per heavy atom. The molecule has 0 aromatic heterocycles. The minimum Gasteiger partial charge on any atom is -0.356 e. The molecular formula is C18H28F3IN4O2S. The van der Waals surface area contributed by atoms with Crippen molar-refractivity contribution in [1.29, 1.82) is 0 Å². The number of sulfone groups is 1. The van der Waals surface area contributed by atoms with Crippen LogP contribution in [-0.2, 0) is 22.6 Å². The summed E-state index contributed by atoms with van der Waals surface area (Å²) in [5.41, 5.74) is 0.208. The van der Waals surface area contributed by atoms with Gasteiger partial charge < -0.3 is 10.6 Å². The number of nitrogens with one attached hydrogen (secondary N) is 2. The maximum atomic E-state index is 12.6. The molecule has 11 heteroatoms. The number of aliphatic imine (C=N–C) groups is 1. The van der Waals surface area contributed by atoms with E-state index in [1.165, 1.54) is 18.4 Å². The highest BCUT2D eigenvalue weighted by atomic mass is 127. The third kappa shape index (κ3) is 9.51. The van der Waals surface area contributed by atoms with Gasteiger partial charge in [0.2, 0.25) is 0 Å². The molecule has 1 heterocycles. The number of benzene rings is 1. The summed E-state index contributed by atoms with van der Waals surface area (Å²) in [7, 11) is -1.31. The lowest BCUT2D eigenvalue weighted by Crippen LogP contribution is -2.45. The zero-order chi connectivity index (χ0) is 20.8. The van der Waals surface area contributed by atoms with Crippen LogP contribution in [-0.4, -0.2) is 64.0 Å². The monoisotopic (exact) mass is 548 g/mol. The Morgan fingerprint density at radius 1 is 1.28 bits per heavy atom. The van der Waals surface area contributed by atoms with E-state index in [4.69, 9.17) is 0 Å². The van der Waals surface area contributed by atoms with E-state index in [9.17, 15) is 21.6 Å². The molecule has 0 amide bonds. The molecule has 0 aliphatic carbocycles. The average Bonchev–Trinajstić information content (AvgIpc) is 3.03. The van der Waals surface area contributed by atoms with Gasteiger partial charge in [0.25, 0.3) is 0 Å². The van der Waals surface area contributed by atoms with Crippen LogP contribution in [0, 0.1) is 0 Å². The fraction of sp³-hybridized carbons (Fsp3) is 0.611. The molecule has 29 heavy (non-hydrogen) atoms. The number of likely N-dealkylation sites (tertiary alicyclic amines) is 1. The molecule has 0 bridgehead atoms. The van der Waals surface area contributed by atoms with Crippen molar-refractivity contribution in [2.45, 2.75) is 31.6 Å². The fourth-order valence-corrected chi connectivity index (χ4v) is 3.75. The van der Waals surface area contributed by atoms with Gasteiger partial charge in [0.1, 0.15) is 9.84 Å². The third-order valence-electron chi connectivity index (χ3n) is 4.51. The molecule has 1 aromatic rings. The first-order chi connectivity index (χ1) is 13.1. The van der Waals surface area contributed by atoms with Crippen molar-refractivity contribution in [3.05, 3.63) is 35.4 Å². The first kappa shape index (κ1) is 26.0. The van der Waals surface area contributed by atoms with Crippen molar-refractivity contribution in [2.75, 3.05) is 38.7 Å². The van der Waals surface area contributed by atoms with E-state index in [0.29, 0.717) is 25.5 Å². The van der Waals surface area contributed by atoms with Crippen LogP contribution in [0.2, 0.25) is 0 Å². The number of halogens is 4. The first-order valence-electron chi connectivity index (χ1n) is 9.10. The number of hydrogen-bond acceptors (Lipinski definition) is 4. The van der Waals surface area contributed by atoms with E-state index < -0.39 is 21.6 Å². The van der Waals surface area contributed by atoms with Gasteiger partial charge in [-0.15, -0.1) is 24.0 Å². The van der Waals surface area contributed by atoms with Gasteiger partial charge in [-0.3, -0.25) is 9.89 Å². The van der Waals surface area contributed by atoms with Crippen LogP contribution in [0.1, 0.15) is 24.0 Å². The molecular weight excluding hydrogens is 520 g/mol. The van der Waals surface area contributed by atoms with Crippen molar-refractivity contribution < 1.29 is 21.6 Å². The Bertz CT molecular complexity index is 770. The van der Waals surface area contributed by atoms with Crippen molar-refractivity contribution in [2.24, 2.45) is 4.99 Å². The molecule has 1 aromatic carbocycles. The average molecular weight is 548 g/mol. The van der Waals surface area contributed by atoms with Gasteiger partial charge >= 0.3 is 6.18 Å². The molecule has 1 aliphatic heterocycles. The van der Waals surface area contributed by atoms with Crippen LogP contribution in [0.4, 0.5) is 13.2 Å². The summed E-state index contributed by atoms with van der Waals surface area (Å²) in [6.45, 7) is 2.69. The van der Waals surface area contributed by atoms with E-state index in [1.54, 1.807) is 7.05 Å². The van der Waals surface area contributed by atoms with Crippen LogP contribution >= 0.6 is 24.0 Å². The molecule has 1 unspecified atom stereocenters. The summed E-state index contributed by atoms with van der Waals surface area (Å²) in [6, 6.07) is 5.44. The Labute approximate surface area is 187 Å². The van der Waals surface area contributed by atoms with Gasteiger partial charge in [0, 0.05) is 45.5 Å². The van der Waals surface area contributed by atoms with Crippen LogP contribution in [0.15, 0.2) is 29.3 Å². The molecule has 0 radical (unpaired) electrons. The predicted octanol–water partition coefficient (Wildman–Crippen LogP) is 2.50. The van der Waals surface area contributed by atoms with Gasteiger partial charge in [0.15, 0.2) is 5.96 Å². The largest absolute Gasteiger partial charge is 0.416 e. The van der Waals surface area contributed by atoms with Gasteiger partial charge in [-0.05, 0) is 30.5 Å². The van der Waals surface area contributed by atoms with Crippen LogP contribution in [0.5, 0.6) is 0 Å². The van der Waals surface area contributed by atoms with Crippen LogP contribution in [0.3, 0.4) is 0 Å². The molecule has 2 rings (SSSR count). The molecule has 2 N–H and O–H groups in total. The topological polar surface area (TPSA) is 73.8 Å². The van der Waals surface area contributed by atoms with Crippen LogP contribution < -0.4 is 10.6 Å². The Morgan fingerprint density at radius 3 is 2.48 bits per heavy atom. The Kier molecular flexibility index (Phi) is 10.2. The first-order valence-corrected chi connectivity index (χ1v) is 11.2.